The summed E-state index contributed by atoms with van der Waals surface area (Å²) in [5, 5.41) is 3.38. The third-order valence-corrected chi connectivity index (χ3v) is 3.36. The Bertz CT molecular complexity index is 359. The molecule has 1 fully saturated rings. The Balaban J connectivity index is 2.11. The molecule has 0 amide bonds. The summed E-state index contributed by atoms with van der Waals surface area (Å²) in [6.45, 7) is 7.62. The second-order valence-corrected chi connectivity index (χ2v) is 4.53. The molecule has 94 valence electrons. The van der Waals surface area contributed by atoms with Crippen molar-refractivity contribution in [2.24, 2.45) is 0 Å². The summed E-state index contributed by atoms with van der Waals surface area (Å²) >= 11 is 0. The predicted molar refractivity (Wildman–Crippen MR) is 70.5 cm³/mol. The van der Waals surface area contributed by atoms with Gasteiger partial charge in [-0.3, -0.25) is 4.90 Å². The zero-order valence-electron chi connectivity index (χ0n) is 10.8. The molecule has 0 radical (unpaired) electrons. The van der Waals surface area contributed by atoms with Gasteiger partial charge in [0.1, 0.15) is 5.75 Å². The number of hydrogen-bond acceptors (Lipinski definition) is 3. The quantitative estimate of drug-likeness (QED) is 0.857. The van der Waals surface area contributed by atoms with E-state index in [1.54, 1.807) is 7.11 Å². The molecule has 0 saturated carbocycles. The standard InChI is InChI=1S/C14H22N2O/c1-3-12-4-5-14(17-2)13(10-12)11-16-8-6-15-7-9-16/h4-5,10,15H,3,6-9,11H2,1-2H3. The Hall–Kier alpha value is -1.06. The Morgan fingerprint density at radius 3 is 2.71 bits per heavy atom. The molecule has 1 saturated heterocycles. The van der Waals surface area contributed by atoms with Gasteiger partial charge >= 0.3 is 0 Å². The van der Waals surface area contributed by atoms with Crippen molar-refractivity contribution in [2.45, 2.75) is 19.9 Å². The van der Waals surface area contributed by atoms with E-state index in [0.717, 1.165) is 44.9 Å². The van der Waals surface area contributed by atoms with Crippen LogP contribution in [0.15, 0.2) is 18.2 Å². The number of ether oxygens (including phenoxy) is 1. The summed E-state index contributed by atoms with van der Waals surface area (Å²) in [4.78, 5) is 2.48. The number of piperazine rings is 1. The molecule has 1 aromatic rings. The number of aryl methyl sites for hydroxylation is 1. The maximum atomic E-state index is 5.44. The van der Waals surface area contributed by atoms with Crippen LogP contribution in [0.1, 0.15) is 18.1 Å². The molecule has 1 N–H and O–H groups in total. The third-order valence-electron chi connectivity index (χ3n) is 3.36. The summed E-state index contributed by atoms with van der Waals surface area (Å²) < 4.78 is 5.44. The first kappa shape index (κ1) is 12.4. The summed E-state index contributed by atoms with van der Waals surface area (Å²) in [6.07, 6.45) is 1.08. The topological polar surface area (TPSA) is 24.5 Å². The Kier molecular flexibility index (Phi) is 4.40. The van der Waals surface area contributed by atoms with Gasteiger partial charge in [0.05, 0.1) is 7.11 Å². The first-order valence-electron chi connectivity index (χ1n) is 6.42. The number of rotatable bonds is 4. The minimum absolute atomic E-state index is 0.999. The molecule has 0 atom stereocenters. The third kappa shape index (κ3) is 3.20. The first-order chi connectivity index (χ1) is 8.33. The maximum Gasteiger partial charge on any atom is 0.123 e. The molecule has 0 spiro atoms. The molecule has 1 aromatic carbocycles. The monoisotopic (exact) mass is 234 g/mol. The van der Waals surface area contributed by atoms with Crippen LogP contribution < -0.4 is 10.1 Å². The highest BCUT2D eigenvalue weighted by Crippen LogP contribution is 2.22. The van der Waals surface area contributed by atoms with Crippen LogP contribution in [0, 0.1) is 0 Å². The zero-order chi connectivity index (χ0) is 12.1. The lowest BCUT2D eigenvalue weighted by atomic mass is 10.1. The van der Waals surface area contributed by atoms with Gasteiger partial charge in [0, 0.05) is 38.3 Å². The Morgan fingerprint density at radius 2 is 2.06 bits per heavy atom. The van der Waals surface area contributed by atoms with Crippen molar-refractivity contribution in [3.05, 3.63) is 29.3 Å². The molecule has 0 unspecified atom stereocenters. The van der Waals surface area contributed by atoms with Crippen LogP contribution in [0.4, 0.5) is 0 Å². The highest BCUT2D eigenvalue weighted by molar-refractivity contribution is 5.37. The lowest BCUT2D eigenvalue weighted by Gasteiger charge is -2.27. The number of hydrogen-bond donors (Lipinski definition) is 1. The van der Waals surface area contributed by atoms with E-state index in [1.165, 1.54) is 11.1 Å². The SMILES string of the molecule is CCc1ccc(OC)c(CN2CCNCC2)c1. The number of nitrogens with zero attached hydrogens (tertiary/aromatic N) is 1. The van der Waals surface area contributed by atoms with Crippen LogP contribution >= 0.6 is 0 Å². The van der Waals surface area contributed by atoms with E-state index in [4.69, 9.17) is 4.74 Å². The maximum absolute atomic E-state index is 5.44. The molecule has 1 aliphatic heterocycles. The van der Waals surface area contributed by atoms with Crippen molar-refractivity contribution in [3.8, 4) is 5.75 Å². The molecule has 2 rings (SSSR count). The Labute approximate surface area is 104 Å². The van der Waals surface area contributed by atoms with E-state index >= 15 is 0 Å². The van der Waals surface area contributed by atoms with Crippen LogP contribution in [0.3, 0.4) is 0 Å². The van der Waals surface area contributed by atoms with E-state index in [2.05, 4.69) is 35.3 Å². The summed E-state index contributed by atoms with van der Waals surface area (Å²) in [6, 6.07) is 6.53. The first-order valence-corrected chi connectivity index (χ1v) is 6.42. The molecule has 0 bridgehead atoms. The van der Waals surface area contributed by atoms with Crippen molar-refractivity contribution in [2.75, 3.05) is 33.3 Å². The number of nitrogens with one attached hydrogen (secondary N) is 1. The van der Waals surface area contributed by atoms with Gasteiger partial charge in [0.15, 0.2) is 0 Å². The van der Waals surface area contributed by atoms with Crippen molar-refractivity contribution in [1.82, 2.24) is 10.2 Å². The lowest BCUT2D eigenvalue weighted by Crippen LogP contribution is -2.42. The number of benzene rings is 1. The molecular weight excluding hydrogens is 212 g/mol. The molecule has 1 heterocycles. The minimum Gasteiger partial charge on any atom is -0.496 e. The molecular formula is C14H22N2O. The fourth-order valence-corrected chi connectivity index (χ4v) is 2.29. The van der Waals surface area contributed by atoms with E-state index in [9.17, 15) is 0 Å². The van der Waals surface area contributed by atoms with Crippen molar-refractivity contribution < 1.29 is 4.74 Å². The highest BCUT2D eigenvalue weighted by Gasteiger charge is 2.12. The van der Waals surface area contributed by atoms with Gasteiger partial charge in [-0.15, -0.1) is 0 Å². The fourth-order valence-electron chi connectivity index (χ4n) is 2.29. The smallest absolute Gasteiger partial charge is 0.123 e. The predicted octanol–water partition coefficient (Wildman–Crippen LogP) is 1.66. The Morgan fingerprint density at radius 1 is 1.29 bits per heavy atom. The van der Waals surface area contributed by atoms with Gasteiger partial charge in [-0.2, -0.15) is 0 Å². The van der Waals surface area contributed by atoms with E-state index in [1.807, 2.05) is 0 Å². The number of methoxy groups -OCH3 is 1. The second kappa shape index (κ2) is 6.03. The van der Waals surface area contributed by atoms with E-state index < -0.39 is 0 Å². The highest BCUT2D eigenvalue weighted by atomic mass is 16.5. The molecule has 0 aromatic heterocycles. The van der Waals surface area contributed by atoms with Crippen LogP contribution in [-0.4, -0.2) is 38.2 Å². The molecule has 0 aliphatic carbocycles. The van der Waals surface area contributed by atoms with Crippen molar-refractivity contribution in [3.63, 3.8) is 0 Å². The van der Waals surface area contributed by atoms with Gasteiger partial charge in [0.25, 0.3) is 0 Å². The summed E-state index contributed by atoms with van der Waals surface area (Å²) in [5.74, 6) is 1.01. The second-order valence-electron chi connectivity index (χ2n) is 4.53. The molecule has 3 heteroatoms. The van der Waals surface area contributed by atoms with Gasteiger partial charge < -0.3 is 10.1 Å². The summed E-state index contributed by atoms with van der Waals surface area (Å²) in [5.41, 5.74) is 2.70. The van der Waals surface area contributed by atoms with Crippen LogP contribution in [0.25, 0.3) is 0 Å². The average molecular weight is 234 g/mol. The van der Waals surface area contributed by atoms with Gasteiger partial charge in [-0.05, 0) is 18.1 Å². The van der Waals surface area contributed by atoms with Crippen LogP contribution in [0.2, 0.25) is 0 Å². The molecule has 1 aliphatic rings. The largest absolute Gasteiger partial charge is 0.496 e. The van der Waals surface area contributed by atoms with Gasteiger partial charge in [-0.25, -0.2) is 0 Å². The summed E-state index contributed by atoms with van der Waals surface area (Å²) in [7, 11) is 1.75. The van der Waals surface area contributed by atoms with Crippen molar-refractivity contribution in [1.29, 1.82) is 0 Å². The van der Waals surface area contributed by atoms with Gasteiger partial charge in [0.2, 0.25) is 0 Å². The normalized spacial score (nSPS) is 17.1. The van der Waals surface area contributed by atoms with E-state index in [0.29, 0.717) is 0 Å². The average Bonchev–Trinajstić information content (AvgIpc) is 2.40. The minimum atomic E-state index is 0.999. The van der Waals surface area contributed by atoms with Gasteiger partial charge in [-0.1, -0.05) is 19.1 Å². The van der Waals surface area contributed by atoms with Crippen LogP contribution in [0.5, 0.6) is 5.75 Å². The lowest BCUT2D eigenvalue weighted by molar-refractivity contribution is 0.230. The van der Waals surface area contributed by atoms with Crippen LogP contribution in [-0.2, 0) is 13.0 Å². The zero-order valence-corrected chi connectivity index (χ0v) is 10.8. The van der Waals surface area contributed by atoms with Crippen molar-refractivity contribution >= 4 is 0 Å². The fraction of sp³-hybridized carbons (Fsp3) is 0.571. The molecule has 3 nitrogen and oxygen atoms in total. The molecule has 17 heavy (non-hydrogen) atoms. The van der Waals surface area contributed by atoms with E-state index in [-0.39, 0.29) is 0 Å².